The van der Waals surface area contributed by atoms with Crippen LogP contribution >= 0.6 is 11.8 Å². The van der Waals surface area contributed by atoms with Gasteiger partial charge in [0, 0.05) is 19.1 Å². The van der Waals surface area contributed by atoms with E-state index in [2.05, 4.69) is 17.1 Å². The molecule has 0 atom stereocenters. The molecule has 1 amide bonds. The molecule has 0 unspecified atom stereocenters. The minimum Gasteiger partial charge on any atom is -0.369 e. The third kappa shape index (κ3) is 6.91. The van der Waals surface area contributed by atoms with Crippen LogP contribution in [0.5, 0.6) is 0 Å². The fourth-order valence-corrected chi connectivity index (χ4v) is 2.78. The predicted molar refractivity (Wildman–Crippen MR) is 74.3 cm³/mol. The molecule has 0 aliphatic carbocycles. The van der Waals surface area contributed by atoms with Crippen LogP contribution in [0.1, 0.15) is 26.2 Å². The lowest BCUT2D eigenvalue weighted by molar-refractivity contribution is -0.119. The van der Waals surface area contributed by atoms with E-state index in [4.69, 9.17) is 5.73 Å². The summed E-state index contributed by atoms with van der Waals surface area (Å²) in [6, 6.07) is 0.630. The number of carbonyl (C=O) groups excluding carboxylic acids is 1. The van der Waals surface area contributed by atoms with Gasteiger partial charge in [-0.3, -0.25) is 9.69 Å². The molecule has 0 spiro atoms. The van der Waals surface area contributed by atoms with Gasteiger partial charge < -0.3 is 11.1 Å². The normalized spacial score (nSPS) is 18.4. The number of nitrogens with zero attached hydrogens (tertiary/aromatic N) is 1. The van der Waals surface area contributed by atoms with Gasteiger partial charge in [-0.15, -0.1) is 0 Å². The SMILES string of the molecule is CCSCCCNC1CCN(CC(N)=O)CC1. The molecular weight excluding hydrogens is 234 g/mol. The van der Waals surface area contributed by atoms with Crippen LogP contribution in [0.3, 0.4) is 0 Å². The summed E-state index contributed by atoms with van der Waals surface area (Å²) in [4.78, 5) is 12.9. The summed E-state index contributed by atoms with van der Waals surface area (Å²) in [7, 11) is 0. The number of hydrogen-bond donors (Lipinski definition) is 2. The number of rotatable bonds is 8. The second-order valence-electron chi connectivity index (χ2n) is 4.52. The Labute approximate surface area is 109 Å². The van der Waals surface area contributed by atoms with Crippen molar-refractivity contribution in [1.82, 2.24) is 10.2 Å². The fraction of sp³-hybridized carbons (Fsp3) is 0.917. The molecular formula is C12H25N3OS. The zero-order valence-corrected chi connectivity index (χ0v) is 11.6. The van der Waals surface area contributed by atoms with Crippen LogP contribution < -0.4 is 11.1 Å². The molecule has 1 heterocycles. The van der Waals surface area contributed by atoms with E-state index in [0.717, 1.165) is 32.5 Å². The molecule has 1 aliphatic heterocycles. The first-order chi connectivity index (χ1) is 8.22. The maximum atomic E-state index is 10.8. The van der Waals surface area contributed by atoms with Gasteiger partial charge in [0.05, 0.1) is 6.54 Å². The van der Waals surface area contributed by atoms with Crippen LogP contribution in [0.4, 0.5) is 0 Å². The van der Waals surface area contributed by atoms with Crippen molar-refractivity contribution in [2.45, 2.75) is 32.2 Å². The molecule has 0 radical (unpaired) electrons. The van der Waals surface area contributed by atoms with Gasteiger partial charge in [-0.25, -0.2) is 0 Å². The Morgan fingerprint density at radius 2 is 2.18 bits per heavy atom. The van der Waals surface area contributed by atoms with Crippen molar-refractivity contribution in [3.05, 3.63) is 0 Å². The van der Waals surface area contributed by atoms with Crippen LogP contribution in [0.15, 0.2) is 0 Å². The van der Waals surface area contributed by atoms with E-state index >= 15 is 0 Å². The van der Waals surface area contributed by atoms with Crippen LogP contribution in [-0.2, 0) is 4.79 Å². The Balaban J connectivity index is 2.01. The van der Waals surface area contributed by atoms with E-state index in [1.807, 2.05) is 11.8 Å². The molecule has 17 heavy (non-hydrogen) atoms. The zero-order chi connectivity index (χ0) is 12.5. The van der Waals surface area contributed by atoms with Crippen molar-refractivity contribution < 1.29 is 4.79 Å². The van der Waals surface area contributed by atoms with Crippen LogP contribution in [0.25, 0.3) is 0 Å². The third-order valence-electron chi connectivity index (χ3n) is 3.07. The first-order valence-corrected chi connectivity index (χ1v) is 7.69. The molecule has 3 N–H and O–H groups in total. The first-order valence-electron chi connectivity index (χ1n) is 6.54. The summed E-state index contributed by atoms with van der Waals surface area (Å²) in [5, 5.41) is 3.60. The van der Waals surface area contributed by atoms with E-state index < -0.39 is 0 Å². The van der Waals surface area contributed by atoms with E-state index in [1.165, 1.54) is 17.9 Å². The van der Waals surface area contributed by atoms with Crippen LogP contribution in [0, 0.1) is 0 Å². The van der Waals surface area contributed by atoms with Gasteiger partial charge in [-0.1, -0.05) is 6.92 Å². The van der Waals surface area contributed by atoms with E-state index in [0.29, 0.717) is 12.6 Å². The van der Waals surface area contributed by atoms with Crippen LogP contribution in [0.2, 0.25) is 0 Å². The molecule has 5 heteroatoms. The average molecular weight is 259 g/mol. The van der Waals surface area contributed by atoms with Gasteiger partial charge in [0.2, 0.25) is 5.91 Å². The molecule has 0 aromatic rings. The monoisotopic (exact) mass is 259 g/mol. The number of nitrogens with two attached hydrogens (primary N) is 1. The van der Waals surface area contributed by atoms with Gasteiger partial charge in [0.1, 0.15) is 0 Å². The second-order valence-corrected chi connectivity index (χ2v) is 5.92. The number of nitrogens with one attached hydrogen (secondary N) is 1. The highest BCUT2D eigenvalue weighted by Gasteiger charge is 2.19. The minimum absolute atomic E-state index is 0.215. The number of amides is 1. The molecule has 1 rings (SSSR count). The first kappa shape index (κ1) is 14.8. The highest BCUT2D eigenvalue weighted by atomic mass is 32.2. The molecule has 0 aromatic heterocycles. The zero-order valence-electron chi connectivity index (χ0n) is 10.8. The van der Waals surface area contributed by atoms with Crippen molar-refractivity contribution in [3.63, 3.8) is 0 Å². The Morgan fingerprint density at radius 1 is 1.47 bits per heavy atom. The Hall–Kier alpha value is -0.260. The standard InChI is InChI=1S/C12H25N3OS/c1-2-17-9-3-6-14-11-4-7-15(8-5-11)10-12(13)16/h11,14H,2-10H2,1H3,(H2,13,16). The number of hydrogen-bond acceptors (Lipinski definition) is 4. The largest absolute Gasteiger partial charge is 0.369 e. The van der Waals surface area contributed by atoms with Crippen LogP contribution in [-0.4, -0.2) is 54.5 Å². The molecule has 1 fully saturated rings. The molecule has 1 aliphatic rings. The summed E-state index contributed by atoms with van der Waals surface area (Å²) in [6.45, 7) is 5.72. The maximum absolute atomic E-state index is 10.8. The summed E-state index contributed by atoms with van der Waals surface area (Å²) in [6.07, 6.45) is 3.52. The molecule has 0 saturated carbocycles. The Morgan fingerprint density at radius 3 is 2.76 bits per heavy atom. The topological polar surface area (TPSA) is 58.4 Å². The number of thioether (sulfide) groups is 1. The van der Waals surface area contributed by atoms with Gasteiger partial charge in [-0.05, 0) is 37.3 Å². The minimum atomic E-state index is -0.215. The lowest BCUT2D eigenvalue weighted by Crippen LogP contribution is -2.45. The number of likely N-dealkylation sites (tertiary alicyclic amines) is 1. The Kier molecular flexibility index (Phi) is 7.64. The predicted octanol–water partition coefficient (Wildman–Crippen LogP) is 0.669. The van der Waals surface area contributed by atoms with Gasteiger partial charge in [0.25, 0.3) is 0 Å². The van der Waals surface area contributed by atoms with Crippen molar-refractivity contribution in [2.24, 2.45) is 5.73 Å². The second kappa shape index (κ2) is 8.78. The summed E-state index contributed by atoms with van der Waals surface area (Å²) in [5.74, 6) is 2.25. The smallest absolute Gasteiger partial charge is 0.231 e. The molecule has 100 valence electrons. The van der Waals surface area contributed by atoms with Crippen molar-refractivity contribution in [2.75, 3.05) is 37.7 Å². The van der Waals surface area contributed by atoms with Gasteiger partial charge in [-0.2, -0.15) is 11.8 Å². The van der Waals surface area contributed by atoms with Gasteiger partial charge >= 0.3 is 0 Å². The highest BCUT2D eigenvalue weighted by Crippen LogP contribution is 2.10. The van der Waals surface area contributed by atoms with Crippen molar-refractivity contribution >= 4 is 17.7 Å². The molecule has 4 nitrogen and oxygen atoms in total. The summed E-state index contributed by atoms with van der Waals surface area (Å²) in [5.41, 5.74) is 5.19. The van der Waals surface area contributed by atoms with Crippen molar-refractivity contribution in [1.29, 1.82) is 0 Å². The Bertz CT molecular complexity index is 218. The van der Waals surface area contributed by atoms with E-state index in [1.54, 1.807) is 0 Å². The number of piperidine rings is 1. The average Bonchev–Trinajstić information content (AvgIpc) is 2.30. The van der Waals surface area contributed by atoms with E-state index in [-0.39, 0.29) is 5.91 Å². The lowest BCUT2D eigenvalue weighted by Gasteiger charge is -2.31. The highest BCUT2D eigenvalue weighted by molar-refractivity contribution is 7.99. The van der Waals surface area contributed by atoms with E-state index in [9.17, 15) is 4.79 Å². The molecule has 0 aromatic carbocycles. The number of primary amides is 1. The molecule has 0 bridgehead atoms. The summed E-state index contributed by atoms with van der Waals surface area (Å²) < 4.78 is 0. The molecule has 1 saturated heterocycles. The fourth-order valence-electron chi connectivity index (χ4n) is 2.14. The maximum Gasteiger partial charge on any atom is 0.231 e. The number of carbonyl (C=O) groups is 1. The lowest BCUT2D eigenvalue weighted by atomic mass is 10.1. The third-order valence-corrected chi connectivity index (χ3v) is 4.06. The van der Waals surface area contributed by atoms with Gasteiger partial charge in [0.15, 0.2) is 0 Å². The summed E-state index contributed by atoms with van der Waals surface area (Å²) >= 11 is 2.00. The van der Waals surface area contributed by atoms with Crippen molar-refractivity contribution in [3.8, 4) is 0 Å². The quantitative estimate of drug-likeness (QED) is 0.629.